The first-order valence-corrected chi connectivity index (χ1v) is 8.18. The van der Waals surface area contributed by atoms with Gasteiger partial charge in [-0.1, -0.05) is 24.3 Å². The lowest BCUT2D eigenvalue weighted by atomic mass is 9.95. The van der Waals surface area contributed by atoms with Gasteiger partial charge in [0.1, 0.15) is 11.5 Å². The van der Waals surface area contributed by atoms with Crippen molar-refractivity contribution in [1.29, 1.82) is 0 Å². The Morgan fingerprint density at radius 2 is 1.87 bits per heavy atom. The molecule has 0 saturated carbocycles. The van der Waals surface area contributed by atoms with Crippen molar-refractivity contribution in [2.45, 2.75) is 37.4 Å². The van der Waals surface area contributed by atoms with Crippen molar-refractivity contribution in [3.8, 4) is 11.5 Å². The normalized spacial score (nSPS) is 25.3. The topological polar surface area (TPSA) is 50.4 Å². The van der Waals surface area contributed by atoms with Crippen LogP contribution in [0.25, 0.3) is 0 Å². The summed E-state index contributed by atoms with van der Waals surface area (Å²) >= 11 is 0. The fourth-order valence-electron chi connectivity index (χ4n) is 3.56. The van der Waals surface area contributed by atoms with Crippen molar-refractivity contribution < 1.29 is 9.53 Å². The number of hydrogen-bond acceptors (Lipinski definition) is 3. The Morgan fingerprint density at radius 3 is 2.61 bits per heavy atom. The van der Waals surface area contributed by atoms with Crippen LogP contribution in [-0.2, 0) is 0 Å². The van der Waals surface area contributed by atoms with Gasteiger partial charge in [-0.3, -0.25) is 4.79 Å². The highest BCUT2D eigenvalue weighted by Crippen LogP contribution is 2.28. The summed E-state index contributed by atoms with van der Waals surface area (Å²) in [7, 11) is 0. The van der Waals surface area contributed by atoms with Gasteiger partial charge in [0.15, 0.2) is 0 Å². The molecule has 0 spiro atoms. The number of rotatable bonds is 4. The van der Waals surface area contributed by atoms with Gasteiger partial charge in [-0.05, 0) is 49.6 Å². The fraction of sp³-hybridized carbons (Fsp3) is 0.316. The maximum Gasteiger partial charge on any atom is 0.251 e. The number of fused-ring (bicyclic) bond motifs is 2. The molecule has 0 aliphatic carbocycles. The second-order valence-corrected chi connectivity index (χ2v) is 6.31. The highest BCUT2D eigenvalue weighted by Gasteiger charge is 2.39. The van der Waals surface area contributed by atoms with Gasteiger partial charge in [0.25, 0.3) is 5.91 Å². The van der Waals surface area contributed by atoms with E-state index in [0.717, 1.165) is 18.6 Å². The summed E-state index contributed by atoms with van der Waals surface area (Å²) in [6.07, 6.45) is 3.43. The van der Waals surface area contributed by atoms with Crippen LogP contribution in [0.5, 0.6) is 11.5 Å². The van der Waals surface area contributed by atoms with Gasteiger partial charge in [-0.25, -0.2) is 0 Å². The molecule has 118 valence electrons. The number of hydrogen-bond donors (Lipinski definition) is 2. The van der Waals surface area contributed by atoms with Gasteiger partial charge in [0.05, 0.1) is 0 Å². The summed E-state index contributed by atoms with van der Waals surface area (Å²) in [6, 6.07) is 18.2. The van der Waals surface area contributed by atoms with E-state index in [1.165, 1.54) is 6.42 Å². The van der Waals surface area contributed by atoms with Crippen LogP contribution in [0.3, 0.4) is 0 Å². The van der Waals surface area contributed by atoms with Crippen LogP contribution in [0, 0.1) is 0 Å². The molecule has 4 rings (SSSR count). The van der Waals surface area contributed by atoms with E-state index in [1.807, 2.05) is 48.5 Å². The molecule has 4 nitrogen and oxygen atoms in total. The van der Waals surface area contributed by atoms with E-state index < -0.39 is 0 Å². The van der Waals surface area contributed by atoms with Gasteiger partial charge in [-0.15, -0.1) is 0 Å². The van der Waals surface area contributed by atoms with Crippen LogP contribution < -0.4 is 15.4 Å². The molecule has 2 N–H and O–H groups in total. The highest BCUT2D eigenvalue weighted by atomic mass is 16.5. The van der Waals surface area contributed by atoms with Crippen LogP contribution in [0.15, 0.2) is 54.6 Å². The molecule has 2 aliphatic heterocycles. The van der Waals surface area contributed by atoms with Crippen LogP contribution in [0.1, 0.15) is 29.6 Å². The molecule has 2 saturated heterocycles. The maximum absolute atomic E-state index is 12.5. The maximum atomic E-state index is 12.5. The average molecular weight is 308 g/mol. The fourth-order valence-corrected chi connectivity index (χ4v) is 3.56. The third kappa shape index (κ3) is 3.08. The van der Waals surface area contributed by atoms with E-state index in [1.54, 1.807) is 6.07 Å². The molecule has 0 radical (unpaired) electrons. The van der Waals surface area contributed by atoms with Crippen molar-refractivity contribution >= 4 is 5.91 Å². The number of ether oxygens (including phenoxy) is 1. The highest BCUT2D eigenvalue weighted by molar-refractivity contribution is 5.94. The SMILES string of the molecule is O=C(NC1CC2CCC1N2)c1cccc(Oc2ccccc2)c1. The van der Waals surface area contributed by atoms with E-state index in [0.29, 0.717) is 23.4 Å². The molecule has 3 unspecified atom stereocenters. The Hall–Kier alpha value is -2.33. The number of benzene rings is 2. The van der Waals surface area contributed by atoms with Crippen molar-refractivity contribution in [1.82, 2.24) is 10.6 Å². The minimum absolute atomic E-state index is 0.0251. The van der Waals surface area contributed by atoms with E-state index in [9.17, 15) is 4.79 Å². The molecule has 3 atom stereocenters. The van der Waals surface area contributed by atoms with Crippen LogP contribution in [0.4, 0.5) is 0 Å². The molecular weight excluding hydrogens is 288 g/mol. The van der Waals surface area contributed by atoms with Crippen LogP contribution in [-0.4, -0.2) is 24.0 Å². The van der Waals surface area contributed by atoms with E-state index in [4.69, 9.17) is 4.74 Å². The van der Waals surface area contributed by atoms with Gasteiger partial charge in [0, 0.05) is 23.7 Å². The minimum Gasteiger partial charge on any atom is -0.457 e. The van der Waals surface area contributed by atoms with Crippen molar-refractivity contribution in [3.05, 3.63) is 60.2 Å². The quantitative estimate of drug-likeness (QED) is 0.912. The summed E-state index contributed by atoms with van der Waals surface area (Å²) in [4.78, 5) is 12.5. The van der Waals surface area contributed by atoms with Gasteiger partial charge in [-0.2, -0.15) is 0 Å². The number of nitrogens with one attached hydrogen (secondary N) is 2. The summed E-state index contributed by atoms with van der Waals surface area (Å²) in [5.41, 5.74) is 0.640. The minimum atomic E-state index is -0.0251. The number of amides is 1. The standard InChI is InChI=1S/C19H20N2O2/c22-19(21-18-12-14-9-10-17(18)20-14)13-5-4-8-16(11-13)23-15-6-2-1-3-7-15/h1-8,11,14,17-18,20H,9-10,12H2,(H,21,22). The number of para-hydroxylation sites is 1. The van der Waals surface area contributed by atoms with Gasteiger partial charge >= 0.3 is 0 Å². The second kappa shape index (κ2) is 6.05. The summed E-state index contributed by atoms with van der Waals surface area (Å²) in [5, 5.41) is 6.70. The molecule has 4 heteroatoms. The Kier molecular flexibility index (Phi) is 3.75. The Bertz CT molecular complexity index is 702. The first-order chi connectivity index (χ1) is 11.3. The molecular formula is C19H20N2O2. The number of carbonyl (C=O) groups is 1. The van der Waals surface area contributed by atoms with Crippen molar-refractivity contribution in [2.75, 3.05) is 0 Å². The van der Waals surface area contributed by atoms with E-state index >= 15 is 0 Å². The summed E-state index contributed by atoms with van der Waals surface area (Å²) in [6.45, 7) is 0. The molecule has 2 aliphatic rings. The van der Waals surface area contributed by atoms with Crippen LogP contribution >= 0.6 is 0 Å². The lowest BCUT2D eigenvalue weighted by molar-refractivity contribution is 0.0930. The second-order valence-electron chi connectivity index (χ2n) is 6.31. The molecule has 2 aromatic carbocycles. The first-order valence-electron chi connectivity index (χ1n) is 8.18. The monoisotopic (exact) mass is 308 g/mol. The largest absolute Gasteiger partial charge is 0.457 e. The van der Waals surface area contributed by atoms with Crippen molar-refractivity contribution in [3.63, 3.8) is 0 Å². The molecule has 2 heterocycles. The van der Waals surface area contributed by atoms with Crippen molar-refractivity contribution in [2.24, 2.45) is 0 Å². The molecule has 1 amide bonds. The Morgan fingerprint density at radius 1 is 1.04 bits per heavy atom. The smallest absolute Gasteiger partial charge is 0.251 e. The lowest BCUT2D eigenvalue weighted by Gasteiger charge is -2.21. The molecule has 23 heavy (non-hydrogen) atoms. The predicted octanol–water partition coefficient (Wildman–Crippen LogP) is 3.10. The zero-order valence-electron chi connectivity index (χ0n) is 12.9. The predicted molar refractivity (Wildman–Crippen MR) is 88.8 cm³/mol. The number of carbonyl (C=O) groups excluding carboxylic acids is 1. The molecule has 2 fully saturated rings. The van der Waals surface area contributed by atoms with E-state index in [-0.39, 0.29) is 11.9 Å². The summed E-state index contributed by atoms with van der Waals surface area (Å²) < 4.78 is 5.80. The molecule has 2 aromatic rings. The zero-order chi connectivity index (χ0) is 15.6. The molecule has 2 bridgehead atoms. The third-order valence-corrected chi connectivity index (χ3v) is 4.69. The summed E-state index contributed by atoms with van der Waals surface area (Å²) in [5.74, 6) is 1.42. The third-order valence-electron chi connectivity index (χ3n) is 4.69. The molecule has 0 aromatic heterocycles. The lowest BCUT2D eigenvalue weighted by Crippen LogP contribution is -2.42. The first kappa shape index (κ1) is 14.3. The van der Waals surface area contributed by atoms with Crippen LogP contribution in [0.2, 0.25) is 0 Å². The average Bonchev–Trinajstić information content (AvgIpc) is 3.19. The zero-order valence-corrected chi connectivity index (χ0v) is 12.9. The van der Waals surface area contributed by atoms with Gasteiger partial charge < -0.3 is 15.4 Å². The Balaban J connectivity index is 1.44. The van der Waals surface area contributed by atoms with E-state index in [2.05, 4.69) is 10.6 Å². The van der Waals surface area contributed by atoms with Gasteiger partial charge in [0.2, 0.25) is 0 Å². The Labute approximate surface area is 135 Å².